The minimum Gasteiger partial charge on any atom is -0.486 e. The van der Waals surface area contributed by atoms with Crippen molar-refractivity contribution < 1.29 is 27.2 Å². The normalized spacial score (nSPS) is 15.8. The van der Waals surface area contributed by atoms with Crippen molar-refractivity contribution in [2.45, 2.75) is 37.8 Å². The van der Waals surface area contributed by atoms with Crippen molar-refractivity contribution in [2.75, 3.05) is 10.2 Å². The second-order valence-electron chi connectivity index (χ2n) is 10.0. The summed E-state index contributed by atoms with van der Waals surface area (Å²) < 4.78 is 37.7. The Labute approximate surface area is 267 Å². The van der Waals surface area contributed by atoms with Crippen molar-refractivity contribution in [3.05, 3.63) is 98.7 Å². The van der Waals surface area contributed by atoms with Crippen LogP contribution in [0.25, 0.3) is 0 Å². The van der Waals surface area contributed by atoms with E-state index in [0.717, 1.165) is 14.7 Å². The van der Waals surface area contributed by atoms with Gasteiger partial charge in [-0.1, -0.05) is 35.4 Å². The van der Waals surface area contributed by atoms with Crippen LogP contribution in [0.4, 0.5) is 11.4 Å². The van der Waals surface area contributed by atoms with Gasteiger partial charge in [0.25, 0.3) is 27.2 Å². The molecule has 4 aromatic rings. The second-order valence-corrected chi connectivity index (χ2v) is 13.2. The number of sulfonamides is 1. The number of halogens is 1. The Morgan fingerprint density at radius 1 is 1.05 bits per heavy atom. The first-order chi connectivity index (χ1) is 20.4. The summed E-state index contributed by atoms with van der Waals surface area (Å²) in [7, 11) is -2.58. The minimum absolute atomic E-state index is 0.00864. The van der Waals surface area contributed by atoms with Gasteiger partial charge in [0.05, 0.1) is 17.0 Å². The molecule has 1 aliphatic rings. The van der Waals surface area contributed by atoms with E-state index in [9.17, 15) is 18.0 Å². The highest BCUT2D eigenvalue weighted by Gasteiger charge is 2.45. The number of amides is 2. The van der Waals surface area contributed by atoms with E-state index in [4.69, 9.17) is 16.7 Å². The first kappa shape index (κ1) is 30.6. The van der Waals surface area contributed by atoms with Gasteiger partial charge in [0, 0.05) is 9.26 Å². The van der Waals surface area contributed by atoms with Gasteiger partial charge in [-0.05, 0) is 97.2 Å². The van der Waals surface area contributed by atoms with Crippen LogP contribution in [-0.2, 0) is 33.2 Å². The smallest absolute Gasteiger partial charge is 0.289 e. The van der Waals surface area contributed by atoms with E-state index >= 15 is 0 Å². The molecule has 11 nitrogen and oxygen atoms in total. The van der Waals surface area contributed by atoms with Crippen LogP contribution in [0.5, 0.6) is 0 Å². The van der Waals surface area contributed by atoms with Crippen LogP contribution < -0.4 is 25.7 Å². The lowest BCUT2D eigenvalue weighted by Crippen LogP contribution is -2.45. The van der Waals surface area contributed by atoms with Crippen molar-refractivity contribution in [3.8, 4) is 0 Å². The molecule has 0 bridgehead atoms. The molecule has 14 heteroatoms. The van der Waals surface area contributed by atoms with Crippen LogP contribution in [0.2, 0.25) is 0 Å². The Hall–Kier alpha value is -3.89. The van der Waals surface area contributed by atoms with Crippen molar-refractivity contribution in [3.63, 3.8) is 0 Å². The summed E-state index contributed by atoms with van der Waals surface area (Å²) in [5.74, 6) is -0.781. The summed E-state index contributed by atoms with van der Waals surface area (Å²) in [5, 5.41) is 6.85. The van der Waals surface area contributed by atoms with E-state index < -0.39 is 22.0 Å². The number of anilines is 2. The van der Waals surface area contributed by atoms with Gasteiger partial charge in [-0.2, -0.15) is 8.42 Å². The Morgan fingerprint density at radius 2 is 1.65 bits per heavy atom. The molecular weight excluding hydrogens is 703 g/mol. The maximum atomic E-state index is 13.8. The Balaban J connectivity index is 1.49. The lowest BCUT2D eigenvalue weighted by molar-refractivity contribution is -0.752. The standard InChI is InChI=1S/C29H27IN6O5S2/c1-18-4-12-22(13-5-18)36-28(38)24(16-26(37)31-21-10-8-20(30)9-11-21)35(29(36)42)17-25-27(41-33-34(25)3)32-43(39,40)23-14-6-19(2)7-15-23/h4-15,24H,16-17H2,1-3H3,(H,31,37)/b32-27-. The molecule has 1 N–H and O–H groups in total. The molecule has 1 atom stereocenters. The molecule has 1 unspecified atom stereocenters. The fourth-order valence-corrected chi connectivity index (χ4v) is 6.17. The quantitative estimate of drug-likeness (QED) is 0.167. The number of hydrogen-bond donors (Lipinski definition) is 1. The summed E-state index contributed by atoms with van der Waals surface area (Å²) in [5.41, 5.74) is 3.03. The van der Waals surface area contributed by atoms with E-state index in [1.54, 1.807) is 48.3 Å². The Morgan fingerprint density at radius 3 is 2.28 bits per heavy atom. The number of carbonyl (C=O) groups excluding carboxylic acids is 2. The number of rotatable bonds is 8. The Bertz CT molecular complexity index is 1870. The van der Waals surface area contributed by atoms with Gasteiger partial charge in [0.15, 0.2) is 5.11 Å². The van der Waals surface area contributed by atoms with E-state index in [0.29, 0.717) is 11.4 Å². The predicted octanol–water partition coefficient (Wildman–Crippen LogP) is 3.10. The van der Waals surface area contributed by atoms with Gasteiger partial charge in [-0.25, -0.2) is 4.68 Å². The third-order valence-electron chi connectivity index (χ3n) is 6.85. The first-order valence-electron chi connectivity index (χ1n) is 13.1. The third-order valence-corrected chi connectivity index (χ3v) is 9.26. The van der Waals surface area contributed by atoms with Gasteiger partial charge < -0.3 is 14.7 Å². The van der Waals surface area contributed by atoms with E-state index in [1.165, 1.54) is 21.7 Å². The molecule has 5 rings (SSSR count). The van der Waals surface area contributed by atoms with Crippen LogP contribution in [-0.4, -0.2) is 36.3 Å². The number of thiocarbonyl (C=S) groups is 1. The molecule has 1 fully saturated rings. The number of carbonyl (C=O) groups is 2. The molecule has 0 spiro atoms. The Kier molecular flexibility index (Phi) is 8.80. The molecule has 2 heterocycles. The van der Waals surface area contributed by atoms with Gasteiger partial charge in [0.1, 0.15) is 19.6 Å². The monoisotopic (exact) mass is 730 g/mol. The number of nitrogens with one attached hydrogen (secondary N) is 1. The van der Waals surface area contributed by atoms with Gasteiger partial charge in [-0.15, -0.1) is 4.40 Å². The molecule has 222 valence electrons. The molecule has 2 amide bonds. The van der Waals surface area contributed by atoms with E-state index in [-0.39, 0.29) is 40.1 Å². The molecule has 1 aliphatic heterocycles. The number of aryl methyl sites for hydroxylation is 3. The second kappa shape index (κ2) is 12.4. The fraction of sp³-hybridized carbons (Fsp3) is 0.207. The summed E-state index contributed by atoms with van der Waals surface area (Å²) >= 11 is 7.95. The van der Waals surface area contributed by atoms with Crippen molar-refractivity contribution >= 4 is 73.1 Å². The van der Waals surface area contributed by atoms with E-state index in [1.807, 2.05) is 38.1 Å². The average Bonchev–Trinajstić information content (AvgIpc) is 3.41. The molecule has 43 heavy (non-hydrogen) atoms. The topological polar surface area (TPSA) is 130 Å². The van der Waals surface area contributed by atoms with Crippen molar-refractivity contribution in [2.24, 2.45) is 11.4 Å². The first-order valence-corrected chi connectivity index (χ1v) is 16.0. The highest BCUT2D eigenvalue weighted by atomic mass is 127. The minimum atomic E-state index is -4.14. The number of nitrogens with zero attached hydrogens (tertiary/aromatic N) is 5. The van der Waals surface area contributed by atoms with Crippen molar-refractivity contribution in [1.29, 1.82) is 0 Å². The van der Waals surface area contributed by atoms with Crippen molar-refractivity contribution in [1.82, 2.24) is 10.2 Å². The number of hydrogen-bond acceptors (Lipinski definition) is 6. The molecule has 0 radical (unpaired) electrons. The van der Waals surface area contributed by atoms with E-state index in [2.05, 4.69) is 37.6 Å². The number of aromatic nitrogens is 2. The molecule has 1 aromatic heterocycles. The van der Waals surface area contributed by atoms with Crippen LogP contribution in [0, 0.1) is 17.4 Å². The van der Waals surface area contributed by atoms with Gasteiger partial charge >= 0.3 is 0 Å². The number of benzene rings is 3. The fourth-order valence-electron chi connectivity index (χ4n) is 4.48. The summed E-state index contributed by atoms with van der Waals surface area (Å²) in [6.45, 7) is 3.68. The van der Waals surface area contributed by atoms with Crippen LogP contribution >= 0.6 is 34.8 Å². The SMILES string of the molecule is Cc1ccc(N2C(=O)C(CC(=O)Nc3ccc(I)cc3)N(Cc3/c(=N/S(=O)(=O)c4ccc(C)cc4)o[n-][n+]3C)C2=S)cc1. The highest BCUT2D eigenvalue weighted by molar-refractivity contribution is 14.1. The van der Waals surface area contributed by atoms with Gasteiger partial charge in [-0.3, -0.25) is 19.8 Å². The maximum Gasteiger partial charge on any atom is 0.289 e. The molecular formula is C29H27IN6O5S2. The third kappa shape index (κ3) is 6.70. The lowest BCUT2D eigenvalue weighted by Gasteiger charge is -2.22. The maximum absolute atomic E-state index is 13.8. The van der Waals surface area contributed by atoms with Gasteiger partial charge in [0.2, 0.25) is 5.91 Å². The predicted molar refractivity (Wildman–Crippen MR) is 170 cm³/mol. The zero-order valence-electron chi connectivity index (χ0n) is 23.4. The van der Waals surface area contributed by atoms with Crippen LogP contribution in [0.15, 0.2) is 86.6 Å². The average molecular weight is 731 g/mol. The summed E-state index contributed by atoms with van der Waals surface area (Å²) in [6.07, 6.45) is -0.212. The molecule has 3 aromatic carbocycles. The summed E-state index contributed by atoms with van der Waals surface area (Å²) in [6, 6.07) is 19.8. The molecule has 1 saturated heterocycles. The largest absolute Gasteiger partial charge is 0.486 e. The summed E-state index contributed by atoms with van der Waals surface area (Å²) in [4.78, 5) is 29.9. The van der Waals surface area contributed by atoms with Crippen LogP contribution in [0.3, 0.4) is 0 Å². The zero-order valence-corrected chi connectivity index (χ0v) is 27.2. The van der Waals surface area contributed by atoms with Crippen LogP contribution in [0.1, 0.15) is 23.2 Å². The molecule has 0 aliphatic carbocycles. The lowest BCUT2D eigenvalue weighted by atomic mass is 10.1. The zero-order chi connectivity index (χ0) is 30.9. The highest BCUT2D eigenvalue weighted by Crippen LogP contribution is 2.29. The molecule has 0 saturated carbocycles.